The van der Waals surface area contributed by atoms with Crippen molar-refractivity contribution in [1.29, 1.82) is 0 Å². The molecule has 0 fully saturated rings. The zero-order valence-electron chi connectivity index (χ0n) is 22.9. The number of nitrogens with zero attached hydrogens (tertiary/aromatic N) is 3. The standard InChI is InChI=1S/C30H30FN3O6S/c1-4-6-7-26-33-29(35)27(30(36)34(26)23(5-2)20-10-13-24-25(16-20)40-17-39-24)41(37,38)21-11-8-19(9-12-21)22-14-15-32-28(31)18(22)3/h8-16,23,36H,4-7,17H2,1-3H3. The Balaban J connectivity index is 1.63. The summed E-state index contributed by atoms with van der Waals surface area (Å²) in [5, 5.41) is 11.5. The molecule has 41 heavy (non-hydrogen) atoms. The molecule has 0 aliphatic carbocycles. The molecule has 0 radical (unpaired) electrons. The maximum Gasteiger partial charge on any atom is 0.296 e. The van der Waals surface area contributed by atoms with E-state index in [-0.39, 0.29) is 11.7 Å². The topological polar surface area (TPSA) is 121 Å². The van der Waals surface area contributed by atoms with Crippen molar-refractivity contribution in [3.05, 3.63) is 88.0 Å². The summed E-state index contributed by atoms with van der Waals surface area (Å²) in [4.78, 5) is 20.0. The predicted molar refractivity (Wildman–Crippen MR) is 150 cm³/mol. The Morgan fingerprint density at radius 3 is 2.51 bits per heavy atom. The fraction of sp³-hybridized carbons (Fsp3) is 0.300. The normalized spacial score (nSPS) is 13.4. The highest BCUT2D eigenvalue weighted by atomic mass is 32.2. The number of benzene rings is 2. The summed E-state index contributed by atoms with van der Waals surface area (Å²) >= 11 is 0. The molecule has 1 aliphatic rings. The summed E-state index contributed by atoms with van der Waals surface area (Å²) in [5.74, 6) is 0.141. The van der Waals surface area contributed by atoms with E-state index < -0.39 is 38.2 Å². The van der Waals surface area contributed by atoms with Gasteiger partial charge in [0, 0.05) is 18.2 Å². The minimum atomic E-state index is -4.49. The van der Waals surface area contributed by atoms with E-state index in [1.807, 2.05) is 19.9 Å². The van der Waals surface area contributed by atoms with Crippen LogP contribution in [0, 0.1) is 12.9 Å². The highest BCUT2D eigenvalue weighted by molar-refractivity contribution is 7.91. The number of aromatic hydroxyl groups is 1. The van der Waals surface area contributed by atoms with E-state index in [4.69, 9.17) is 9.47 Å². The van der Waals surface area contributed by atoms with E-state index in [1.54, 1.807) is 25.1 Å². The van der Waals surface area contributed by atoms with Crippen molar-refractivity contribution in [2.45, 2.75) is 62.3 Å². The second-order valence-corrected chi connectivity index (χ2v) is 11.7. The van der Waals surface area contributed by atoms with Crippen molar-refractivity contribution in [1.82, 2.24) is 14.5 Å². The largest absolute Gasteiger partial charge is 0.493 e. The lowest BCUT2D eigenvalue weighted by Gasteiger charge is -2.25. The van der Waals surface area contributed by atoms with Gasteiger partial charge in [0.05, 0.1) is 10.9 Å². The molecule has 1 N–H and O–H groups in total. The highest BCUT2D eigenvalue weighted by Crippen LogP contribution is 2.39. The maximum absolute atomic E-state index is 14.0. The van der Waals surface area contributed by atoms with E-state index in [2.05, 4.69) is 9.97 Å². The Hall–Kier alpha value is -4.25. The van der Waals surface area contributed by atoms with Crippen LogP contribution in [0.4, 0.5) is 4.39 Å². The van der Waals surface area contributed by atoms with Crippen LogP contribution in [-0.4, -0.2) is 34.9 Å². The first-order valence-electron chi connectivity index (χ1n) is 13.4. The first-order valence-corrected chi connectivity index (χ1v) is 14.9. The number of hydrogen-bond acceptors (Lipinski definition) is 8. The number of halogens is 1. The minimum Gasteiger partial charge on any atom is -0.493 e. The number of hydrogen-bond donors (Lipinski definition) is 1. The molecule has 4 aromatic rings. The summed E-state index contributed by atoms with van der Waals surface area (Å²) in [5.41, 5.74) is 1.17. The first-order chi connectivity index (χ1) is 19.7. The van der Waals surface area contributed by atoms with Crippen LogP contribution in [0.25, 0.3) is 11.1 Å². The zero-order chi connectivity index (χ0) is 29.3. The zero-order valence-corrected chi connectivity index (χ0v) is 23.7. The molecule has 1 aliphatic heterocycles. The van der Waals surface area contributed by atoms with Crippen molar-refractivity contribution >= 4 is 9.84 Å². The summed E-state index contributed by atoms with van der Waals surface area (Å²) in [7, 11) is -4.49. The molecule has 5 rings (SSSR count). The monoisotopic (exact) mass is 579 g/mol. The van der Waals surface area contributed by atoms with E-state index >= 15 is 0 Å². The summed E-state index contributed by atoms with van der Waals surface area (Å²) in [6.07, 6.45) is 3.67. The Kier molecular flexibility index (Phi) is 7.81. The number of rotatable bonds is 9. The molecule has 11 heteroatoms. The first kappa shape index (κ1) is 28.3. The average Bonchev–Trinajstić information content (AvgIpc) is 3.43. The third kappa shape index (κ3) is 5.17. The Labute approximate surface area is 237 Å². The van der Waals surface area contributed by atoms with Gasteiger partial charge in [-0.15, -0.1) is 0 Å². The van der Waals surface area contributed by atoms with Crippen LogP contribution in [0.1, 0.15) is 56.1 Å². The number of unbranched alkanes of at least 4 members (excludes halogenated alkanes) is 1. The van der Waals surface area contributed by atoms with E-state index in [0.717, 1.165) is 12.0 Å². The van der Waals surface area contributed by atoms with Crippen LogP contribution in [0.5, 0.6) is 17.4 Å². The van der Waals surface area contributed by atoms with E-state index in [1.165, 1.54) is 35.0 Å². The van der Waals surface area contributed by atoms with Crippen LogP contribution in [0.15, 0.2) is 69.3 Å². The molecule has 214 valence electrons. The predicted octanol–water partition coefficient (Wildman–Crippen LogP) is 5.36. The van der Waals surface area contributed by atoms with Crippen molar-refractivity contribution in [3.63, 3.8) is 0 Å². The Morgan fingerprint density at radius 1 is 1.07 bits per heavy atom. The molecular formula is C30H30FN3O6S. The molecule has 1 atom stereocenters. The molecule has 1 unspecified atom stereocenters. The lowest BCUT2D eigenvalue weighted by atomic mass is 10.0. The molecule has 0 bridgehead atoms. The van der Waals surface area contributed by atoms with Gasteiger partial charge >= 0.3 is 0 Å². The molecule has 0 spiro atoms. The second-order valence-electron chi connectivity index (χ2n) is 9.80. The van der Waals surface area contributed by atoms with Gasteiger partial charge in [0.2, 0.25) is 28.5 Å². The number of ether oxygens (including phenoxy) is 2. The third-order valence-electron chi connectivity index (χ3n) is 7.25. The van der Waals surface area contributed by atoms with E-state index in [0.29, 0.717) is 53.3 Å². The Morgan fingerprint density at radius 2 is 1.80 bits per heavy atom. The quantitative estimate of drug-likeness (QED) is 0.263. The molecule has 0 saturated carbocycles. The molecule has 2 aromatic carbocycles. The smallest absolute Gasteiger partial charge is 0.296 e. The van der Waals surface area contributed by atoms with Crippen LogP contribution >= 0.6 is 0 Å². The Bertz CT molecular complexity index is 1770. The molecule has 0 saturated heterocycles. The van der Waals surface area contributed by atoms with Crippen molar-refractivity contribution in [2.24, 2.45) is 0 Å². The fourth-order valence-electron chi connectivity index (χ4n) is 5.07. The molecule has 9 nitrogen and oxygen atoms in total. The summed E-state index contributed by atoms with van der Waals surface area (Å²) in [6.45, 7) is 5.56. The fourth-order valence-corrected chi connectivity index (χ4v) is 6.41. The molecule has 0 amide bonds. The van der Waals surface area contributed by atoms with Crippen LogP contribution < -0.4 is 15.0 Å². The van der Waals surface area contributed by atoms with Gasteiger partial charge in [-0.05, 0) is 66.8 Å². The summed E-state index contributed by atoms with van der Waals surface area (Å²) in [6, 6.07) is 12.2. The average molecular weight is 580 g/mol. The van der Waals surface area contributed by atoms with E-state index in [9.17, 15) is 22.7 Å². The number of aryl methyl sites for hydroxylation is 1. The molecular weight excluding hydrogens is 549 g/mol. The van der Waals surface area contributed by atoms with Gasteiger partial charge in [0.1, 0.15) is 5.82 Å². The maximum atomic E-state index is 14.0. The second kappa shape index (κ2) is 11.3. The lowest BCUT2D eigenvalue weighted by Crippen LogP contribution is -2.27. The van der Waals surface area contributed by atoms with Gasteiger partial charge in [0.25, 0.3) is 5.56 Å². The molecule has 2 aromatic heterocycles. The van der Waals surface area contributed by atoms with Gasteiger partial charge in [-0.3, -0.25) is 9.36 Å². The van der Waals surface area contributed by atoms with Crippen LogP contribution in [0.3, 0.4) is 0 Å². The number of pyridine rings is 1. The highest BCUT2D eigenvalue weighted by Gasteiger charge is 2.32. The number of sulfone groups is 1. The van der Waals surface area contributed by atoms with Gasteiger partial charge in [-0.25, -0.2) is 13.4 Å². The van der Waals surface area contributed by atoms with Gasteiger partial charge in [-0.2, -0.15) is 9.37 Å². The SMILES string of the molecule is CCCCc1nc(=O)c(S(=O)(=O)c2ccc(-c3ccnc(F)c3C)cc2)c(O)n1C(CC)c1ccc2c(c1)OCO2. The summed E-state index contributed by atoms with van der Waals surface area (Å²) < 4.78 is 54.0. The molecule has 3 heterocycles. The van der Waals surface area contributed by atoms with Crippen molar-refractivity contribution < 1.29 is 27.4 Å². The number of fused-ring (bicyclic) bond motifs is 1. The van der Waals surface area contributed by atoms with Gasteiger partial charge in [0.15, 0.2) is 16.4 Å². The van der Waals surface area contributed by atoms with Gasteiger partial charge < -0.3 is 14.6 Å². The van der Waals surface area contributed by atoms with Crippen LogP contribution in [0.2, 0.25) is 0 Å². The third-order valence-corrected chi connectivity index (χ3v) is 9.04. The number of aromatic nitrogens is 3. The van der Waals surface area contributed by atoms with Crippen LogP contribution in [-0.2, 0) is 16.3 Å². The van der Waals surface area contributed by atoms with Crippen molar-refractivity contribution in [2.75, 3.05) is 6.79 Å². The lowest BCUT2D eigenvalue weighted by molar-refractivity contribution is 0.174. The van der Waals surface area contributed by atoms with Gasteiger partial charge in [-0.1, -0.05) is 38.5 Å². The van der Waals surface area contributed by atoms with Crippen molar-refractivity contribution in [3.8, 4) is 28.5 Å². The minimum absolute atomic E-state index is 0.0962.